The molecule has 19 heavy (non-hydrogen) atoms. The van der Waals surface area contributed by atoms with E-state index >= 15 is 0 Å². The van der Waals surface area contributed by atoms with E-state index in [4.69, 9.17) is 0 Å². The second-order valence-electron chi connectivity index (χ2n) is 5.86. The van der Waals surface area contributed by atoms with Gasteiger partial charge in [0.2, 0.25) is 0 Å². The third-order valence-corrected chi connectivity index (χ3v) is 4.12. The summed E-state index contributed by atoms with van der Waals surface area (Å²) in [6.07, 6.45) is 0.476. The van der Waals surface area contributed by atoms with E-state index in [0.717, 1.165) is 38.2 Å². The van der Waals surface area contributed by atoms with Gasteiger partial charge in [-0.15, -0.1) is 0 Å². The zero-order valence-electron chi connectivity index (χ0n) is 12.3. The van der Waals surface area contributed by atoms with Gasteiger partial charge in [-0.3, -0.25) is 4.90 Å². The van der Waals surface area contributed by atoms with E-state index in [1.54, 1.807) is 0 Å². The first-order valence-corrected chi connectivity index (χ1v) is 7.23. The first-order valence-electron chi connectivity index (χ1n) is 7.23. The standard InChI is InChI=1S/C16H26N2O/c1-13-4-6-15(7-5-13)16(19)8-9-18-11-10-17(3)12-14(18)2/h4-7,14,16,19H,8-12H2,1-3H3. The molecule has 1 N–H and O–H groups in total. The van der Waals surface area contributed by atoms with Gasteiger partial charge in [0.25, 0.3) is 0 Å². The Bertz CT molecular complexity index is 390. The van der Waals surface area contributed by atoms with Crippen molar-refractivity contribution in [2.75, 3.05) is 33.2 Å². The average molecular weight is 262 g/mol. The summed E-state index contributed by atoms with van der Waals surface area (Å²) >= 11 is 0. The van der Waals surface area contributed by atoms with E-state index < -0.39 is 0 Å². The molecule has 0 radical (unpaired) electrons. The van der Waals surface area contributed by atoms with Crippen LogP contribution in [0.2, 0.25) is 0 Å². The van der Waals surface area contributed by atoms with Gasteiger partial charge in [0, 0.05) is 32.2 Å². The quantitative estimate of drug-likeness (QED) is 0.899. The van der Waals surface area contributed by atoms with Crippen molar-refractivity contribution in [3.63, 3.8) is 0 Å². The van der Waals surface area contributed by atoms with Crippen molar-refractivity contribution in [1.29, 1.82) is 0 Å². The second kappa shape index (κ2) is 6.51. The van der Waals surface area contributed by atoms with Gasteiger partial charge in [0.15, 0.2) is 0 Å². The highest BCUT2D eigenvalue weighted by molar-refractivity contribution is 5.23. The summed E-state index contributed by atoms with van der Waals surface area (Å²) in [4.78, 5) is 4.86. The Kier molecular flexibility index (Phi) is 4.97. The molecule has 1 aliphatic rings. The number of aliphatic hydroxyl groups is 1. The lowest BCUT2D eigenvalue weighted by molar-refractivity contribution is 0.0770. The summed E-state index contributed by atoms with van der Waals surface area (Å²) in [5, 5.41) is 10.2. The maximum Gasteiger partial charge on any atom is 0.0802 e. The van der Waals surface area contributed by atoms with Crippen LogP contribution < -0.4 is 0 Å². The summed E-state index contributed by atoms with van der Waals surface area (Å²) in [6.45, 7) is 8.68. The topological polar surface area (TPSA) is 26.7 Å². The summed E-state index contributed by atoms with van der Waals surface area (Å²) in [6, 6.07) is 8.79. The Morgan fingerprint density at radius 2 is 1.95 bits per heavy atom. The lowest BCUT2D eigenvalue weighted by Crippen LogP contribution is -2.50. The molecule has 2 rings (SSSR count). The van der Waals surface area contributed by atoms with Crippen LogP contribution in [0.25, 0.3) is 0 Å². The highest BCUT2D eigenvalue weighted by atomic mass is 16.3. The van der Waals surface area contributed by atoms with Crippen molar-refractivity contribution in [2.45, 2.75) is 32.4 Å². The smallest absolute Gasteiger partial charge is 0.0802 e. The molecule has 1 heterocycles. The normalized spacial score (nSPS) is 23.5. The predicted octanol–water partition coefficient (Wildman–Crippen LogP) is 2.05. The van der Waals surface area contributed by atoms with Gasteiger partial charge < -0.3 is 10.0 Å². The molecule has 0 saturated carbocycles. The van der Waals surface area contributed by atoms with E-state index in [9.17, 15) is 5.11 Å². The highest BCUT2D eigenvalue weighted by Crippen LogP contribution is 2.19. The average Bonchev–Trinajstić information content (AvgIpc) is 2.38. The van der Waals surface area contributed by atoms with Crippen molar-refractivity contribution in [3.05, 3.63) is 35.4 Å². The first-order chi connectivity index (χ1) is 9.06. The molecule has 1 fully saturated rings. The fraction of sp³-hybridized carbons (Fsp3) is 0.625. The Morgan fingerprint density at radius 3 is 2.58 bits per heavy atom. The maximum absolute atomic E-state index is 10.2. The van der Waals surface area contributed by atoms with Crippen LogP contribution in [0.15, 0.2) is 24.3 Å². The number of piperazine rings is 1. The van der Waals surface area contributed by atoms with Crippen molar-refractivity contribution in [1.82, 2.24) is 9.80 Å². The highest BCUT2D eigenvalue weighted by Gasteiger charge is 2.21. The minimum absolute atomic E-state index is 0.340. The Morgan fingerprint density at radius 1 is 1.26 bits per heavy atom. The van der Waals surface area contributed by atoms with E-state index in [1.165, 1.54) is 5.56 Å². The minimum atomic E-state index is -0.340. The molecule has 1 saturated heterocycles. The van der Waals surface area contributed by atoms with Crippen LogP contribution in [-0.4, -0.2) is 54.2 Å². The predicted molar refractivity (Wildman–Crippen MR) is 79.3 cm³/mol. The van der Waals surface area contributed by atoms with E-state index in [2.05, 4.69) is 42.8 Å². The first kappa shape index (κ1) is 14.5. The molecule has 0 aromatic heterocycles. The molecule has 3 nitrogen and oxygen atoms in total. The number of nitrogens with zero attached hydrogens (tertiary/aromatic N) is 2. The van der Waals surface area contributed by atoms with Gasteiger partial charge in [-0.05, 0) is 32.9 Å². The summed E-state index contributed by atoms with van der Waals surface area (Å²) < 4.78 is 0. The van der Waals surface area contributed by atoms with Gasteiger partial charge >= 0.3 is 0 Å². The number of aryl methyl sites for hydroxylation is 1. The number of hydrogen-bond donors (Lipinski definition) is 1. The van der Waals surface area contributed by atoms with Gasteiger partial charge in [-0.25, -0.2) is 0 Å². The molecule has 2 unspecified atom stereocenters. The van der Waals surface area contributed by atoms with Gasteiger partial charge in [0.05, 0.1) is 6.10 Å². The summed E-state index contributed by atoms with van der Waals surface area (Å²) in [5.41, 5.74) is 2.27. The zero-order valence-corrected chi connectivity index (χ0v) is 12.3. The van der Waals surface area contributed by atoms with Crippen LogP contribution in [0, 0.1) is 6.92 Å². The summed E-state index contributed by atoms with van der Waals surface area (Å²) in [7, 11) is 2.18. The SMILES string of the molecule is Cc1ccc(C(O)CCN2CCN(C)CC2C)cc1. The monoisotopic (exact) mass is 262 g/mol. The Labute approximate surface area is 116 Å². The van der Waals surface area contributed by atoms with Crippen LogP contribution in [-0.2, 0) is 0 Å². The molecule has 1 aliphatic heterocycles. The van der Waals surface area contributed by atoms with Gasteiger partial charge in [-0.1, -0.05) is 29.8 Å². The lowest BCUT2D eigenvalue weighted by atomic mass is 10.0. The molecular weight excluding hydrogens is 236 g/mol. The van der Waals surface area contributed by atoms with Crippen LogP contribution in [0.3, 0.4) is 0 Å². The zero-order chi connectivity index (χ0) is 13.8. The van der Waals surface area contributed by atoms with Crippen LogP contribution in [0.1, 0.15) is 30.6 Å². The second-order valence-corrected chi connectivity index (χ2v) is 5.86. The molecule has 0 spiro atoms. The van der Waals surface area contributed by atoms with Crippen molar-refractivity contribution < 1.29 is 5.11 Å². The van der Waals surface area contributed by atoms with Crippen LogP contribution in [0.5, 0.6) is 0 Å². The molecule has 0 bridgehead atoms. The van der Waals surface area contributed by atoms with Gasteiger partial charge in [0.1, 0.15) is 0 Å². The van der Waals surface area contributed by atoms with Crippen molar-refractivity contribution in [3.8, 4) is 0 Å². The third kappa shape index (κ3) is 4.03. The molecule has 0 aliphatic carbocycles. The fourth-order valence-electron chi connectivity index (χ4n) is 2.75. The van der Waals surface area contributed by atoms with Crippen molar-refractivity contribution in [2.24, 2.45) is 0 Å². The third-order valence-electron chi connectivity index (χ3n) is 4.12. The number of likely N-dealkylation sites (N-methyl/N-ethyl adjacent to an activating group) is 1. The van der Waals surface area contributed by atoms with E-state index in [0.29, 0.717) is 6.04 Å². The number of rotatable bonds is 4. The molecule has 1 aromatic carbocycles. The van der Waals surface area contributed by atoms with E-state index in [-0.39, 0.29) is 6.10 Å². The molecule has 0 amide bonds. The Hall–Kier alpha value is -0.900. The molecular formula is C16H26N2O. The summed E-state index contributed by atoms with van der Waals surface area (Å²) in [5.74, 6) is 0. The van der Waals surface area contributed by atoms with Crippen molar-refractivity contribution >= 4 is 0 Å². The van der Waals surface area contributed by atoms with Crippen LogP contribution in [0.4, 0.5) is 0 Å². The maximum atomic E-state index is 10.2. The lowest BCUT2D eigenvalue weighted by Gasteiger charge is -2.38. The largest absolute Gasteiger partial charge is 0.388 e. The molecule has 1 aromatic rings. The number of hydrogen-bond acceptors (Lipinski definition) is 3. The van der Waals surface area contributed by atoms with E-state index in [1.807, 2.05) is 12.1 Å². The molecule has 2 atom stereocenters. The minimum Gasteiger partial charge on any atom is -0.388 e. The fourth-order valence-corrected chi connectivity index (χ4v) is 2.75. The van der Waals surface area contributed by atoms with Gasteiger partial charge in [-0.2, -0.15) is 0 Å². The Balaban J connectivity index is 1.83. The molecule has 106 valence electrons. The number of aliphatic hydroxyl groups excluding tert-OH is 1. The van der Waals surface area contributed by atoms with Crippen LogP contribution >= 0.6 is 0 Å². The number of benzene rings is 1. The molecule has 3 heteroatoms.